The molecule has 0 saturated heterocycles. The SMILES string of the molecule is CCOc1ccc(-c2ccnc(N[C@H](C)CO)n2)cc1C(=O)O. The summed E-state index contributed by atoms with van der Waals surface area (Å²) < 4.78 is 5.33. The van der Waals surface area contributed by atoms with Gasteiger partial charge in [0.15, 0.2) is 0 Å². The maximum absolute atomic E-state index is 11.4. The number of hydrogen-bond donors (Lipinski definition) is 3. The van der Waals surface area contributed by atoms with Crippen molar-refractivity contribution in [3.05, 3.63) is 36.0 Å². The molecule has 0 aliphatic heterocycles. The lowest BCUT2D eigenvalue weighted by Gasteiger charge is -2.12. The average molecular weight is 317 g/mol. The number of carbonyl (C=O) groups is 1. The maximum atomic E-state index is 11.4. The van der Waals surface area contributed by atoms with Crippen molar-refractivity contribution in [2.75, 3.05) is 18.5 Å². The first kappa shape index (κ1) is 16.7. The Hall–Kier alpha value is -2.67. The number of aromatic carboxylic acids is 1. The number of nitrogens with one attached hydrogen (secondary N) is 1. The van der Waals surface area contributed by atoms with E-state index in [9.17, 15) is 9.90 Å². The molecule has 1 aromatic carbocycles. The fraction of sp³-hybridized carbons (Fsp3) is 0.312. The van der Waals surface area contributed by atoms with Crippen LogP contribution in [0, 0.1) is 0 Å². The number of aliphatic hydroxyl groups excluding tert-OH is 1. The van der Waals surface area contributed by atoms with E-state index in [-0.39, 0.29) is 18.2 Å². The minimum absolute atomic E-state index is 0.0419. The number of aliphatic hydroxyl groups is 1. The molecule has 2 rings (SSSR count). The molecule has 0 bridgehead atoms. The zero-order valence-corrected chi connectivity index (χ0v) is 13.0. The van der Waals surface area contributed by atoms with Crippen LogP contribution in [0.5, 0.6) is 5.75 Å². The predicted molar refractivity (Wildman–Crippen MR) is 85.8 cm³/mol. The number of benzene rings is 1. The third-order valence-corrected chi connectivity index (χ3v) is 3.11. The molecule has 0 aliphatic rings. The maximum Gasteiger partial charge on any atom is 0.339 e. The number of nitrogens with zero attached hydrogens (tertiary/aromatic N) is 2. The summed E-state index contributed by atoms with van der Waals surface area (Å²) in [7, 11) is 0. The Morgan fingerprint density at radius 1 is 1.39 bits per heavy atom. The van der Waals surface area contributed by atoms with Gasteiger partial charge in [-0.1, -0.05) is 0 Å². The van der Waals surface area contributed by atoms with E-state index < -0.39 is 5.97 Å². The highest BCUT2D eigenvalue weighted by Gasteiger charge is 2.14. The Morgan fingerprint density at radius 2 is 2.17 bits per heavy atom. The monoisotopic (exact) mass is 317 g/mol. The Kier molecular flexibility index (Phi) is 5.48. The molecule has 1 aromatic heterocycles. The third-order valence-electron chi connectivity index (χ3n) is 3.11. The van der Waals surface area contributed by atoms with E-state index in [1.807, 2.05) is 0 Å². The molecule has 122 valence electrons. The van der Waals surface area contributed by atoms with Crippen LogP contribution in [0.15, 0.2) is 30.5 Å². The minimum Gasteiger partial charge on any atom is -0.493 e. The number of anilines is 1. The Bertz CT molecular complexity index is 691. The highest BCUT2D eigenvalue weighted by Crippen LogP contribution is 2.26. The van der Waals surface area contributed by atoms with Gasteiger partial charge in [-0.3, -0.25) is 0 Å². The van der Waals surface area contributed by atoms with Crippen molar-refractivity contribution in [1.29, 1.82) is 0 Å². The van der Waals surface area contributed by atoms with Crippen molar-refractivity contribution >= 4 is 11.9 Å². The molecule has 7 nitrogen and oxygen atoms in total. The predicted octanol–water partition coefficient (Wildman–Crippen LogP) is 2.03. The van der Waals surface area contributed by atoms with Crippen LogP contribution >= 0.6 is 0 Å². The lowest BCUT2D eigenvalue weighted by molar-refractivity contribution is 0.0692. The van der Waals surface area contributed by atoms with Crippen LogP contribution in [-0.2, 0) is 0 Å². The summed E-state index contributed by atoms with van der Waals surface area (Å²) in [6, 6.07) is 6.40. The van der Waals surface area contributed by atoms with Gasteiger partial charge in [-0.05, 0) is 38.1 Å². The zero-order valence-electron chi connectivity index (χ0n) is 13.0. The zero-order chi connectivity index (χ0) is 16.8. The third kappa shape index (κ3) is 4.17. The van der Waals surface area contributed by atoms with Gasteiger partial charge in [0.2, 0.25) is 5.95 Å². The van der Waals surface area contributed by atoms with Gasteiger partial charge < -0.3 is 20.3 Å². The van der Waals surface area contributed by atoms with Gasteiger partial charge in [-0.2, -0.15) is 0 Å². The van der Waals surface area contributed by atoms with Crippen LogP contribution in [0.1, 0.15) is 24.2 Å². The van der Waals surface area contributed by atoms with Gasteiger partial charge in [-0.15, -0.1) is 0 Å². The first-order valence-corrected chi connectivity index (χ1v) is 7.26. The van der Waals surface area contributed by atoms with Gasteiger partial charge in [0, 0.05) is 17.8 Å². The summed E-state index contributed by atoms with van der Waals surface area (Å²) in [4.78, 5) is 19.8. The van der Waals surface area contributed by atoms with Crippen molar-refractivity contribution in [1.82, 2.24) is 9.97 Å². The Balaban J connectivity index is 2.36. The van der Waals surface area contributed by atoms with E-state index in [4.69, 9.17) is 9.84 Å². The highest BCUT2D eigenvalue weighted by atomic mass is 16.5. The fourth-order valence-electron chi connectivity index (χ4n) is 1.99. The molecule has 0 saturated carbocycles. The molecule has 1 heterocycles. The van der Waals surface area contributed by atoms with Crippen LogP contribution < -0.4 is 10.1 Å². The topological polar surface area (TPSA) is 105 Å². The lowest BCUT2D eigenvalue weighted by atomic mass is 10.1. The number of hydrogen-bond acceptors (Lipinski definition) is 6. The van der Waals surface area contributed by atoms with E-state index in [0.29, 0.717) is 29.6 Å². The summed E-state index contributed by atoms with van der Waals surface area (Å²) in [5, 5.41) is 21.3. The molecule has 0 amide bonds. The van der Waals surface area contributed by atoms with Gasteiger partial charge in [0.05, 0.1) is 18.9 Å². The second kappa shape index (κ2) is 7.55. The molecule has 0 spiro atoms. The molecule has 23 heavy (non-hydrogen) atoms. The van der Waals surface area contributed by atoms with Crippen molar-refractivity contribution in [2.24, 2.45) is 0 Å². The first-order valence-electron chi connectivity index (χ1n) is 7.26. The van der Waals surface area contributed by atoms with E-state index in [0.717, 1.165) is 0 Å². The minimum atomic E-state index is -1.06. The fourth-order valence-corrected chi connectivity index (χ4v) is 1.99. The van der Waals surface area contributed by atoms with E-state index in [1.165, 1.54) is 6.07 Å². The Morgan fingerprint density at radius 3 is 2.83 bits per heavy atom. The van der Waals surface area contributed by atoms with Crippen LogP contribution in [0.4, 0.5) is 5.95 Å². The molecule has 0 unspecified atom stereocenters. The molecule has 1 atom stereocenters. The lowest BCUT2D eigenvalue weighted by Crippen LogP contribution is -2.20. The largest absolute Gasteiger partial charge is 0.493 e. The smallest absolute Gasteiger partial charge is 0.339 e. The number of carboxylic acid groups (broad SMARTS) is 1. The summed E-state index contributed by atoms with van der Waals surface area (Å²) in [6.07, 6.45) is 1.58. The molecule has 7 heteroatoms. The number of aromatic nitrogens is 2. The molecule has 0 radical (unpaired) electrons. The van der Waals surface area contributed by atoms with E-state index in [2.05, 4.69) is 15.3 Å². The molecule has 0 fully saturated rings. The summed E-state index contributed by atoms with van der Waals surface area (Å²) in [5.74, 6) is -0.364. The van der Waals surface area contributed by atoms with Crippen LogP contribution in [-0.4, -0.2) is 45.4 Å². The first-order chi connectivity index (χ1) is 11.0. The average Bonchev–Trinajstić information content (AvgIpc) is 2.55. The summed E-state index contributed by atoms with van der Waals surface area (Å²) in [6.45, 7) is 3.94. The highest BCUT2D eigenvalue weighted by molar-refractivity contribution is 5.92. The van der Waals surface area contributed by atoms with Crippen LogP contribution in [0.25, 0.3) is 11.3 Å². The molecular weight excluding hydrogens is 298 g/mol. The second-order valence-corrected chi connectivity index (χ2v) is 4.94. The van der Waals surface area contributed by atoms with Crippen molar-refractivity contribution < 1.29 is 19.7 Å². The quantitative estimate of drug-likeness (QED) is 0.717. The van der Waals surface area contributed by atoms with E-state index >= 15 is 0 Å². The standard InChI is InChI=1S/C16H19N3O4/c1-3-23-14-5-4-11(8-12(14)15(21)22)13-6-7-17-16(19-13)18-10(2)9-20/h4-8,10,20H,3,9H2,1-2H3,(H,21,22)(H,17,18,19)/t10-/m1/s1. The molecule has 2 aromatic rings. The van der Waals surface area contributed by atoms with E-state index in [1.54, 1.807) is 38.2 Å². The Labute approximate surface area is 134 Å². The van der Waals surface area contributed by atoms with Crippen molar-refractivity contribution in [3.63, 3.8) is 0 Å². The van der Waals surface area contributed by atoms with Gasteiger partial charge in [0.1, 0.15) is 11.3 Å². The van der Waals surface area contributed by atoms with Crippen LogP contribution in [0.3, 0.4) is 0 Å². The molecule has 0 aliphatic carbocycles. The van der Waals surface area contributed by atoms with Gasteiger partial charge >= 0.3 is 5.97 Å². The van der Waals surface area contributed by atoms with Crippen molar-refractivity contribution in [2.45, 2.75) is 19.9 Å². The molecule has 3 N–H and O–H groups in total. The van der Waals surface area contributed by atoms with Gasteiger partial charge in [-0.25, -0.2) is 14.8 Å². The normalized spacial score (nSPS) is 11.8. The van der Waals surface area contributed by atoms with Gasteiger partial charge in [0.25, 0.3) is 0 Å². The summed E-state index contributed by atoms with van der Waals surface area (Å²) in [5.41, 5.74) is 1.31. The van der Waals surface area contributed by atoms with Crippen LogP contribution in [0.2, 0.25) is 0 Å². The number of carboxylic acids is 1. The number of ether oxygens (including phenoxy) is 1. The second-order valence-electron chi connectivity index (χ2n) is 4.94. The number of rotatable bonds is 7. The molecular formula is C16H19N3O4. The summed E-state index contributed by atoms with van der Waals surface area (Å²) >= 11 is 0. The van der Waals surface area contributed by atoms with Crippen molar-refractivity contribution in [3.8, 4) is 17.0 Å².